The molecule has 5 aromatic rings. The molecule has 2 aromatic heterocycles. The van der Waals surface area contributed by atoms with E-state index in [0.29, 0.717) is 32.1 Å². The van der Waals surface area contributed by atoms with E-state index >= 15 is 0 Å². The third-order valence-electron chi connectivity index (χ3n) is 13.4. The van der Waals surface area contributed by atoms with E-state index in [0.717, 1.165) is 114 Å². The highest BCUT2D eigenvalue weighted by molar-refractivity contribution is 5.92. The second-order valence-corrected chi connectivity index (χ2v) is 16.9. The Morgan fingerprint density at radius 3 is 1.93 bits per heavy atom. The van der Waals surface area contributed by atoms with Crippen molar-refractivity contribution in [3.8, 4) is 22.4 Å². The van der Waals surface area contributed by atoms with Gasteiger partial charge < -0.3 is 44.6 Å². The van der Waals surface area contributed by atoms with Crippen molar-refractivity contribution in [1.29, 1.82) is 0 Å². The average molecular weight is 831 g/mol. The number of hydrogen-bond donors (Lipinski definition) is 4. The first kappa shape index (κ1) is 40.4. The van der Waals surface area contributed by atoms with Gasteiger partial charge in [0.1, 0.15) is 29.8 Å². The Labute approximate surface area is 354 Å². The van der Waals surface area contributed by atoms with E-state index in [-0.39, 0.29) is 29.7 Å². The summed E-state index contributed by atoms with van der Waals surface area (Å²) >= 11 is 0. The first-order chi connectivity index (χ1) is 29.8. The Morgan fingerprint density at radius 1 is 0.689 bits per heavy atom. The van der Waals surface area contributed by atoms with Crippen LogP contribution in [-0.2, 0) is 23.8 Å². The number of rotatable bonds is 10. The molecular formula is C46H54N8O7. The molecule has 9 rings (SSSR count). The summed E-state index contributed by atoms with van der Waals surface area (Å²) in [6.45, 7) is 1.73. The normalized spacial score (nSPS) is 20.9. The van der Waals surface area contributed by atoms with Gasteiger partial charge in [-0.15, -0.1) is 0 Å². The quantitative estimate of drug-likeness (QED) is 0.113. The third-order valence-corrected chi connectivity index (χ3v) is 13.4. The molecule has 61 heavy (non-hydrogen) atoms. The maximum Gasteiger partial charge on any atom is 0.407 e. The number of benzene rings is 3. The number of carbonyl (C=O) groups is 4. The Balaban J connectivity index is 0.910. The second-order valence-electron chi connectivity index (χ2n) is 16.9. The number of aromatic amines is 2. The lowest BCUT2D eigenvalue weighted by molar-refractivity contribution is -0.144. The molecule has 4 fully saturated rings. The van der Waals surface area contributed by atoms with E-state index in [1.54, 1.807) is 4.90 Å². The molecule has 2 aliphatic carbocycles. The number of alkyl carbamates (subject to hydrolysis) is 2. The minimum absolute atomic E-state index is 0.0610. The molecule has 0 bridgehead atoms. The van der Waals surface area contributed by atoms with E-state index in [9.17, 15) is 19.2 Å². The first-order valence-electron chi connectivity index (χ1n) is 21.7. The lowest BCUT2D eigenvalue weighted by Crippen LogP contribution is -2.55. The molecule has 3 aromatic carbocycles. The molecule has 4 N–H and O–H groups in total. The van der Waals surface area contributed by atoms with E-state index in [2.05, 4.69) is 69.1 Å². The van der Waals surface area contributed by atoms with Crippen molar-refractivity contribution in [3.05, 3.63) is 72.4 Å². The van der Waals surface area contributed by atoms with E-state index in [4.69, 9.17) is 24.2 Å². The molecule has 2 saturated heterocycles. The van der Waals surface area contributed by atoms with Gasteiger partial charge in [-0.2, -0.15) is 0 Å². The number of nitrogens with zero attached hydrogens (tertiary/aromatic N) is 4. The van der Waals surface area contributed by atoms with Gasteiger partial charge in [0.25, 0.3) is 0 Å². The number of imidazole rings is 2. The van der Waals surface area contributed by atoms with Crippen LogP contribution in [0.15, 0.2) is 60.8 Å². The number of H-pyrrole nitrogens is 2. The number of hydrogen-bond acceptors (Lipinski definition) is 9. The number of fused-ring (bicyclic) bond motifs is 2. The smallest absolute Gasteiger partial charge is 0.407 e. The van der Waals surface area contributed by atoms with Crippen molar-refractivity contribution < 1.29 is 33.4 Å². The van der Waals surface area contributed by atoms with Crippen molar-refractivity contribution in [2.24, 2.45) is 11.8 Å². The largest absolute Gasteiger partial charge is 0.453 e. The zero-order valence-corrected chi connectivity index (χ0v) is 34.8. The van der Waals surface area contributed by atoms with Crippen molar-refractivity contribution in [2.45, 2.75) is 88.4 Å². The molecule has 0 unspecified atom stereocenters. The monoisotopic (exact) mass is 830 g/mol. The maximum atomic E-state index is 14.1. The minimum atomic E-state index is -0.661. The highest BCUT2D eigenvalue weighted by Crippen LogP contribution is 2.37. The standard InChI is InChI=1S/C46H54N8O7/c1-59-45(57)51-39(27-8-3-4-9-27)43(55)53-19-7-12-37(53)41-47-25-36(50-41)33-16-15-29-22-30(13-14-31(29)23-33)32-17-18-34-35(24-32)49-42(48-34)38-26-61-21-20-54(38)44(56)40(52-46(58)60-2)28-10-5-6-11-28/h13-18,22-25,27-28,37-40H,3-12,19-21,26H2,1-2H3,(H,47,50)(H,48,49)(H,51,57)(H,52,58)/t37-,38-,39-,40-/m0/s1. The van der Waals surface area contributed by atoms with Gasteiger partial charge in [0.2, 0.25) is 11.8 Å². The van der Waals surface area contributed by atoms with Crippen molar-refractivity contribution >= 4 is 45.8 Å². The van der Waals surface area contributed by atoms with Crippen molar-refractivity contribution in [3.63, 3.8) is 0 Å². The minimum Gasteiger partial charge on any atom is -0.453 e. The number of likely N-dealkylation sites (tertiary alicyclic amines) is 1. The summed E-state index contributed by atoms with van der Waals surface area (Å²) in [7, 11) is 2.64. The summed E-state index contributed by atoms with van der Waals surface area (Å²) in [4.78, 5) is 73.0. The SMILES string of the molecule is COC(=O)N[C@H](C(=O)N1CCC[C@H]1c1ncc(-c2ccc3cc(-c4ccc5nc([C@@H]6COCCN6C(=O)[C@@H](NC(=O)OC)C6CCCC6)[nH]c5c4)ccc3c2)[nH]1)C1CCCC1. The van der Waals surface area contributed by atoms with Gasteiger partial charge >= 0.3 is 12.2 Å². The molecule has 15 nitrogen and oxygen atoms in total. The summed E-state index contributed by atoms with van der Waals surface area (Å²) in [5, 5.41) is 7.84. The van der Waals surface area contributed by atoms with Gasteiger partial charge in [0.15, 0.2) is 0 Å². The summed E-state index contributed by atoms with van der Waals surface area (Å²) in [5.74, 6) is 1.35. The van der Waals surface area contributed by atoms with Crippen molar-refractivity contribution in [2.75, 3.05) is 40.5 Å². The van der Waals surface area contributed by atoms with Gasteiger partial charge in [-0.1, -0.05) is 56.0 Å². The molecule has 4 amide bonds. The molecule has 4 heterocycles. The van der Waals surface area contributed by atoms with Crippen LogP contribution < -0.4 is 10.6 Å². The summed E-state index contributed by atoms with van der Waals surface area (Å²) in [6.07, 6.45) is 10.1. The highest BCUT2D eigenvalue weighted by atomic mass is 16.5. The number of amides is 4. The fraction of sp³-hybridized carbons (Fsp3) is 0.478. The van der Waals surface area contributed by atoms with Crippen LogP contribution in [0.2, 0.25) is 0 Å². The number of aromatic nitrogens is 4. The van der Waals surface area contributed by atoms with Crippen molar-refractivity contribution in [1.82, 2.24) is 40.4 Å². The predicted octanol–water partition coefficient (Wildman–Crippen LogP) is 7.17. The molecule has 15 heteroatoms. The fourth-order valence-corrected chi connectivity index (χ4v) is 10.1. The average Bonchev–Trinajstić information content (AvgIpc) is 4.16. The van der Waals surface area contributed by atoms with Crippen LogP contribution in [0.3, 0.4) is 0 Å². The zero-order chi connectivity index (χ0) is 42.0. The van der Waals surface area contributed by atoms with Crippen LogP contribution >= 0.6 is 0 Å². The summed E-state index contributed by atoms with van der Waals surface area (Å²) < 4.78 is 15.6. The van der Waals surface area contributed by atoms with Crippen LogP contribution in [-0.4, -0.2) is 106 Å². The predicted molar refractivity (Wildman–Crippen MR) is 228 cm³/mol. The molecule has 320 valence electrons. The van der Waals surface area contributed by atoms with Crippen LogP contribution in [0.1, 0.15) is 87.9 Å². The summed E-state index contributed by atoms with van der Waals surface area (Å²) in [5.41, 5.74) is 5.59. The second kappa shape index (κ2) is 17.6. The highest BCUT2D eigenvalue weighted by Gasteiger charge is 2.41. The number of ether oxygens (including phenoxy) is 3. The molecule has 4 atom stereocenters. The number of methoxy groups -OCH3 is 2. The molecule has 2 aliphatic heterocycles. The zero-order valence-electron chi connectivity index (χ0n) is 34.8. The first-order valence-corrected chi connectivity index (χ1v) is 21.7. The maximum absolute atomic E-state index is 14.1. The molecule has 0 radical (unpaired) electrons. The lowest BCUT2D eigenvalue weighted by Gasteiger charge is -2.38. The van der Waals surface area contributed by atoms with Gasteiger partial charge in [-0.25, -0.2) is 19.6 Å². The number of nitrogens with one attached hydrogen (secondary N) is 4. The summed E-state index contributed by atoms with van der Waals surface area (Å²) in [6, 6.07) is 17.0. The van der Waals surface area contributed by atoms with Crippen LogP contribution in [0.4, 0.5) is 9.59 Å². The number of morpholine rings is 1. The van der Waals surface area contributed by atoms with Gasteiger partial charge in [-0.3, -0.25) is 9.59 Å². The van der Waals surface area contributed by atoms with Gasteiger partial charge in [-0.05, 0) is 96.5 Å². The third kappa shape index (κ3) is 8.27. The Morgan fingerprint density at radius 2 is 1.28 bits per heavy atom. The molecular weight excluding hydrogens is 777 g/mol. The Hall–Kier alpha value is -5.96. The number of carbonyl (C=O) groups excluding carboxylic acids is 4. The van der Waals surface area contributed by atoms with Gasteiger partial charge in [0, 0.05) is 18.7 Å². The molecule has 0 spiro atoms. The fourth-order valence-electron chi connectivity index (χ4n) is 10.1. The van der Waals surface area contributed by atoms with Crippen LogP contribution in [0, 0.1) is 11.8 Å². The molecule has 2 saturated carbocycles. The Bertz CT molecular complexity index is 2420. The molecule has 4 aliphatic rings. The lowest BCUT2D eigenvalue weighted by atomic mass is 9.96. The van der Waals surface area contributed by atoms with E-state index in [1.807, 2.05) is 17.2 Å². The topological polar surface area (TPSA) is 184 Å². The van der Waals surface area contributed by atoms with E-state index < -0.39 is 30.3 Å². The Kier molecular flexibility index (Phi) is 11.6. The van der Waals surface area contributed by atoms with Crippen LogP contribution in [0.25, 0.3) is 44.2 Å². The van der Waals surface area contributed by atoms with Gasteiger partial charge in [0.05, 0.1) is 56.4 Å². The van der Waals surface area contributed by atoms with Crippen LogP contribution in [0.5, 0.6) is 0 Å². The van der Waals surface area contributed by atoms with E-state index in [1.165, 1.54) is 14.2 Å².